The van der Waals surface area contributed by atoms with Crippen LogP contribution in [-0.4, -0.2) is 14.0 Å². The molecule has 4 nitrogen and oxygen atoms in total. The first-order valence-corrected chi connectivity index (χ1v) is 7.87. The van der Waals surface area contributed by atoms with Gasteiger partial charge in [-0.25, -0.2) is 8.42 Å². The molecule has 0 unspecified atom stereocenters. The third-order valence-corrected chi connectivity index (χ3v) is 4.88. The first kappa shape index (κ1) is 15.2. The molecule has 0 fully saturated rings. The van der Waals surface area contributed by atoms with Gasteiger partial charge in [0.25, 0.3) is 0 Å². The lowest BCUT2D eigenvalue weighted by molar-refractivity contribution is 0.446. The van der Waals surface area contributed by atoms with Crippen molar-refractivity contribution in [1.82, 2.24) is 4.72 Å². The first-order valence-electron chi connectivity index (χ1n) is 5.60. The van der Waals surface area contributed by atoms with E-state index in [1.807, 2.05) is 0 Å². The molecular weight excluding hydrogens is 316 g/mol. The minimum atomic E-state index is -3.68. The monoisotopic (exact) mass is 330 g/mol. The third kappa shape index (κ3) is 3.31. The lowest BCUT2D eigenvalue weighted by Crippen LogP contribution is -2.46. The fraction of sp³-hybridized carbons (Fsp3) is 0.417. The van der Waals surface area contributed by atoms with Crippen molar-refractivity contribution in [1.29, 1.82) is 5.26 Å². The zero-order chi connectivity index (χ0) is 13.8. The van der Waals surface area contributed by atoms with Gasteiger partial charge in [-0.15, -0.1) is 0 Å². The van der Waals surface area contributed by atoms with Crippen LogP contribution in [0.5, 0.6) is 0 Å². The molecule has 1 aromatic rings. The third-order valence-electron chi connectivity index (χ3n) is 2.86. The van der Waals surface area contributed by atoms with Gasteiger partial charge in [0.05, 0.1) is 11.0 Å². The maximum atomic E-state index is 12.2. The summed E-state index contributed by atoms with van der Waals surface area (Å²) >= 11 is 3.23. The zero-order valence-corrected chi connectivity index (χ0v) is 12.7. The molecular formula is C12H15BrN2O2S. The summed E-state index contributed by atoms with van der Waals surface area (Å²) in [5.41, 5.74) is -1.04. The standard InChI is InChI=1S/C12H15BrN2O2S/c1-3-12(4-2,9-14)15-18(16,17)11-7-5-6-10(13)8-11/h5-8,15H,3-4H2,1-2H3. The van der Waals surface area contributed by atoms with Crippen molar-refractivity contribution >= 4 is 26.0 Å². The fourth-order valence-electron chi connectivity index (χ4n) is 1.53. The van der Waals surface area contributed by atoms with Crippen LogP contribution >= 0.6 is 15.9 Å². The summed E-state index contributed by atoms with van der Waals surface area (Å²) in [5, 5.41) is 9.16. The Kier molecular flexibility index (Phi) is 4.91. The lowest BCUT2D eigenvalue weighted by atomic mass is 9.97. The Morgan fingerprint density at radius 1 is 1.39 bits per heavy atom. The van der Waals surface area contributed by atoms with Gasteiger partial charge < -0.3 is 0 Å². The highest BCUT2D eigenvalue weighted by atomic mass is 79.9. The van der Waals surface area contributed by atoms with Crippen molar-refractivity contribution < 1.29 is 8.42 Å². The molecule has 0 saturated carbocycles. The number of hydrogen-bond acceptors (Lipinski definition) is 3. The van der Waals surface area contributed by atoms with Crippen LogP contribution in [-0.2, 0) is 10.0 Å². The van der Waals surface area contributed by atoms with Gasteiger partial charge in [0.2, 0.25) is 10.0 Å². The van der Waals surface area contributed by atoms with E-state index < -0.39 is 15.6 Å². The molecule has 0 aromatic heterocycles. The van der Waals surface area contributed by atoms with Crippen LogP contribution < -0.4 is 4.72 Å². The molecule has 0 heterocycles. The molecule has 0 amide bonds. The van der Waals surface area contributed by atoms with Gasteiger partial charge in [0, 0.05) is 4.47 Å². The molecule has 0 saturated heterocycles. The Balaban J connectivity index is 3.13. The molecule has 1 aromatic carbocycles. The molecule has 0 spiro atoms. The normalized spacial score (nSPS) is 12.1. The number of rotatable bonds is 5. The predicted molar refractivity (Wildman–Crippen MR) is 73.4 cm³/mol. The maximum Gasteiger partial charge on any atom is 0.241 e. The van der Waals surface area contributed by atoms with Crippen LogP contribution in [0, 0.1) is 11.3 Å². The quantitative estimate of drug-likeness (QED) is 0.902. The Morgan fingerprint density at radius 3 is 2.44 bits per heavy atom. The van der Waals surface area contributed by atoms with Crippen LogP contribution in [0.3, 0.4) is 0 Å². The van der Waals surface area contributed by atoms with Crippen molar-refractivity contribution in [2.24, 2.45) is 0 Å². The molecule has 98 valence electrons. The Hall–Kier alpha value is -0.900. The van der Waals surface area contributed by atoms with Gasteiger partial charge >= 0.3 is 0 Å². The number of hydrogen-bond donors (Lipinski definition) is 1. The molecule has 1 rings (SSSR count). The van der Waals surface area contributed by atoms with Gasteiger partial charge in [-0.1, -0.05) is 35.8 Å². The van der Waals surface area contributed by atoms with Gasteiger partial charge in [-0.05, 0) is 31.0 Å². The van der Waals surface area contributed by atoms with Crippen LogP contribution in [0.25, 0.3) is 0 Å². The SMILES string of the molecule is CCC(C#N)(CC)NS(=O)(=O)c1cccc(Br)c1. The number of nitrogens with zero attached hydrogens (tertiary/aromatic N) is 1. The second-order valence-corrected chi connectivity index (χ2v) is 6.56. The molecule has 1 N–H and O–H groups in total. The van der Waals surface area contributed by atoms with Crippen molar-refractivity contribution in [2.45, 2.75) is 37.1 Å². The van der Waals surface area contributed by atoms with E-state index in [1.54, 1.807) is 26.0 Å². The predicted octanol–water partition coefficient (Wildman–Crippen LogP) is 2.81. The highest BCUT2D eigenvalue weighted by molar-refractivity contribution is 9.10. The smallest absolute Gasteiger partial charge is 0.207 e. The van der Waals surface area contributed by atoms with Gasteiger partial charge in [-0.2, -0.15) is 9.98 Å². The molecule has 18 heavy (non-hydrogen) atoms. The van der Waals surface area contributed by atoms with Crippen molar-refractivity contribution in [3.05, 3.63) is 28.7 Å². The molecule has 0 aliphatic carbocycles. The summed E-state index contributed by atoms with van der Waals surface area (Å²) in [6, 6.07) is 8.45. The molecule has 0 bridgehead atoms. The molecule has 0 aliphatic heterocycles. The summed E-state index contributed by atoms with van der Waals surface area (Å²) in [6.45, 7) is 3.58. The summed E-state index contributed by atoms with van der Waals surface area (Å²) < 4.78 is 27.6. The first-order chi connectivity index (χ1) is 8.39. The van der Waals surface area contributed by atoms with Crippen molar-refractivity contribution in [2.75, 3.05) is 0 Å². The minimum absolute atomic E-state index is 0.151. The second-order valence-electron chi connectivity index (χ2n) is 3.96. The second kappa shape index (κ2) is 5.83. The summed E-state index contributed by atoms with van der Waals surface area (Å²) in [4.78, 5) is 0.151. The van der Waals surface area contributed by atoms with E-state index in [-0.39, 0.29) is 4.90 Å². The molecule has 0 radical (unpaired) electrons. The number of halogens is 1. The number of benzene rings is 1. The van der Waals surface area contributed by atoms with Crippen molar-refractivity contribution in [3.63, 3.8) is 0 Å². The fourth-order valence-corrected chi connectivity index (χ4v) is 3.58. The van der Waals surface area contributed by atoms with Crippen LogP contribution in [0.2, 0.25) is 0 Å². The number of nitriles is 1. The highest BCUT2D eigenvalue weighted by Crippen LogP contribution is 2.21. The van der Waals surface area contributed by atoms with E-state index >= 15 is 0 Å². The number of sulfonamides is 1. The van der Waals surface area contributed by atoms with E-state index in [1.165, 1.54) is 12.1 Å². The van der Waals surface area contributed by atoms with Crippen LogP contribution in [0.15, 0.2) is 33.6 Å². The average Bonchev–Trinajstić information content (AvgIpc) is 2.36. The highest BCUT2D eigenvalue weighted by Gasteiger charge is 2.32. The van der Waals surface area contributed by atoms with Crippen molar-refractivity contribution in [3.8, 4) is 6.07 Å². The molecule has 6 heteroatoms. The van der Waals surface area contributed by atoms with E-state index in [0.29, 0.717) is 17.3 Å². The van der Waals surface area contributed by atoms with Crippen LogP contribution in [0.4, 0.5) is 0 Å². The van der Waals surface area contributed by atoms with E-state index in [4.69, 9.17) is 5.26 Å². The Labute approximate surface area is 116 Å². The maximum absolute atomic E-state index is 12.2. The Bertz CT molecular complexity index is 560. The van der Waals surface area contributed by atoms with E-state index in [2.05, 4.69) is 26.7 Å². The summed E-state index contributed by atoms with van der Waals surface area (Å²) in [5.74, 6) is 0. The van der Waals surface area contributed by atoms with Gasteiger partial charge in [-0.3, -0.25) is 0 Å². The average molecular weight is 331 g/mol. The largest absolute Gasteiger partial charge is 0.241 e. The van der Waals surface area contributed by atoms with E-state index in [0.717, 1.165) is 0 Å². The summed E-state index contributed by atoms with van der Waals surface area (Å²) in [6.07, 6.45) is 0.848. The lowest BCUT2D eigenvalue weighted by Gasteiger charge is -2.24. The van der Waals surface area contributed by atoms with Gasteiger partial charge in [0.15, 0.2) is 0 Å². The summed E-state index contributed by atoms with van der Waals surface area (Å²) in [7, 11) is -3.68. The molecule has 0 atom stereocenters. The minimum Gasteiger partial charge on any atom is -0.207 e. The van der Waals surface area contributed by atoms with Crippen LogP contribution in [0.1, 0.15) is 26.7 Å². The Morgan fingerprint density at radius 2 is 2.00 bits per heavy atom. The molecule has 0 aliphatic rings. The topological polar surface area (TPSA) is 70.0 Å². The van der Waals surface area contributed by atoms with E-state index in [9.17, 15) is 8.42 Å². The zero-order valence-electron chi connectivity index (χ0n) is 10.3. The number of nitrogens with one attached hydrogen (secondary N) is 1. The van der Waals surface area contributed by atoms with Gasteiger partial charge in [0.1, 0.15) is 5.54 Å².